The highest BCUT2D eigenvalue weighted by Crippen LogP contribution is 2.22. The van der Waals surface area contributed by atoms with Gasteiger partial charge in [-0.3, -0.25) is 9.78 Å². The van der Waals surface area contributed by atoms with Crippen LogP contribution in [0.25, 0.3) is 11.3 Å². The van der Waals surface area contributed by atoms with Gasteiger partial charge in [0, 0.05) is 10.9 Å². The highest BCUT2D eigenvalue weighted by atomic mass is 32.1. The van der Waals surface area contributed by atoms with E-state index in [2.05, 4.69) is 10.3 Å². The Labute approximate surface area is 144 Å². The van der Waals surface area contributed by atoms with Gasteiger partial charge in [0.05, 0.1) is 29.6 Å². The maximum atomic E-state index is 12.5. The first kappa shape index (κ1) is 16.4. The van der Waals surface area contributed by atoms with Crippen LogP contribution in [0, 0.1) is 6.92 Å². The SMILES string of the molecule is Cc1nc(-c2ccsc2)ccc1C(=O)NC(CO)c1ccccc1. The minimum Gasteiger partial charge on any atom is -0.394 e. The topological polar surface area (TPSA) is 62.2 Å². The molecule has 0 spiro atoms. The second-order valence-corrected chi connectivity index (χ2v) is 6.24. The smallest absolute Gasteiger partial charge is 0.253 e. The van der Waals surface area contributed by atoms with Gasteiger partial charge in [-0.15, -0.1) is 0 Å². The fraction of sp³-hybridized carbons (Fsp3) is 0.158. The number of aromatic nitrogens is 1. The average molecular weight is 338 g/mol. The van der Waals surface area contributed by atoms with Crippen LogP contribution >= 0.6 is 11.3 Å². The Morgan fingerprint density at radius 3 is 2.62 bits per heavy atom. The molecule has 24 heavy (non-hydrogen) atoms. The summed E-state index contributed by atoms with van der Waals surface area (Å²) >= 11 is 1.61. The van der Waals surface area contributed by atoms with Crippen LogP contribution in [0.5, 0.6) is 0 Å². The quantitative estimate of drug-likeness (QED) is 0.747. The summed E-state index contributed by atoms with van der Waals surface area (Å²) in [5.74, 6) is -0.236. The Morgan fingerprint density at radius 2 is 2.00 bits per heavy atom. The van der Waals surface area contributed by atoms with Gasteiger partial charge >= 0.3 is 0 Å². The first-order valence-electron chi connectivity index (χ1n) is 7.66. The van der Waals surface area contributed by atoms with E-state index in [9.17, 15) is 9.90 Å². The van der Waals surface area contributed by atoms with E-state index in [-0.39, 0.29) is 12.5 Å². The number of rotatable bonds is 5. The van der Waals surface area contributed by atoms with Gasteiger partial charge in [0.1, 0.15) is 0 Å². The molecule has 4 nitrogen and oxygen atoms in total. The number of aliphatic hydroxyl groups excluding tert-OH is 1. The lowest BCUT2D eigenvalue weighted by Gasteiger charge is -2.17. The number of benzene rings is 1. The summed E-state index contributed by atoms with van der Waals surface area (Å²) in [4.78, 5) is 17.1. The van der Waals surface area contributed by atoms with Crippen molar-refractivity contribution in [2.75, 3.05) is 6.61 Å². The zero-order chi connectivity index (χ0) is 16.9. The molecular weight excluding hydrogens is 320 g/mol. The van der Waals surface area contributed by atoms with E-state index in [1.807, 2.05) is 60.1 Å². The molecule has 2 N–H and O–H groups in total. The number of pyridine rings is 1. The second-order valence-electron chi connectivity index (χ2n) is 5.46. The van der Waals surface area contributed by atoms with E-state index in [1.54, 1.807) is 17.4 Å². The first-order chi connectivity index (χ1) is 11.7. The van der Waals surface area contributed by atoms with E-state index in [1.165, 1.54) is 0 Å². The van der Waals surface area contributed by atoms with Gasteiger partial charge in [-0.25, -0.2) is 0 Å². The minimum absolute atomic E-state index is 0.158. The van der Waals surface area contributed by atoms with Crippen LogP contribution in [0.1, 0.15) is 27.7 Å². The van der Waals surface area contributed by atoms with Gasteiger partial charge < -0.3 is 10.4 Å². The van der Waals surface area contributed by atoms with Gasteiger partial charge in [0.25, 0.3) is 5.91 Å². The van der Waals surface area contributed by atoms with Crippen molar-refractivity contribution in [3.05, 3.63) is 76.1 Å². The summed E-state index contributed by atoms with van der Waals surface area (Å²) in [6.07, 6.45) is 0. The van der Waals surface area contributed by atoms with Crippen LogP contribution in [0.15, 0.2) is 59.3 Å². The number of carbonyl (C=O) groups is 1. The van der Waals surface area contributed by atoms with Crippen molar-refractivity contribution in [3.63, 3.8) is 0 Å². The second kappa shape index (κ2) is 7.38. The third-order valence-electron chi connectivity index (χ3n) is 3.84. The van der Waals surface area contributed by atoms with Crippen LogP contribution < -0.4 is 5.32 Å². The summed E-state index contributed by atoms with van der Waals surface area (Å²) in [6, 6.07) is 14.6. The van der Waals surface area contributed by atoms with E-state index >= 15 is 0 Å². The average Bonchev–Trinajstić information content (AvgIpc) is 3.14. The highest BCUT2D eigenvalue weighted by molar-refractivity contribution is 7.08. The molecule has 0 fully saturated rings. The lowest BCUT2D eigenvalue weighted by Crippen LogP contribution is -2.31. The zero-order valence-electron chi connectivity index (χ0n) is 13.3. The molecule has 1 amide bonds. The monoisotopic (exact) mass is 338 g/mol. The molecule has 3 aromatic rings. The molecule has 0 saturated carbocycles. The van der Waals surface area contributed by atoms with Crippen LogP contribution in [-0.2, 0) is 0 Å². The third kappa shape index (κ3) is 3.53. The molecule has 1 unspecified atom stereocenters. The standard InChI is InChI=1S/C19H18N2O2S/c1-13-16(7-8-17(20-13)15-9-10-24-12-15)19(23)21-18(11-22)14-5-3-2-4-6-14/h2-10,12,18,22H,11H2,1H3,(H,21,23). The van der Waals surface area contributed by atoms with Crippen LogP contribution in [-0.4, -0.2) is 22.6 Å². The van der Waals surface area contributed by atoms with Crippen molar-refractivity contribution in [2.45, 2.75) is 13.0 Å². The molecule has 5 heteroatoms. The van der Waals surface area contributed by atoms with Crippen LogP contribution in [0.3, 0.4) is 0 Å². The van der Waals surface area contributed by atoms with Crippen molar-refractivity contribution in [3.8, 4) is 11.3 Å². The molecule has 0 aliphatic carbocycles. The fourth-order valence-corrected chi connectivity index (χ4v) is 3.18. The summed E-state index contributed by atoms with van der Waals surface area (Å²) in [5, 5.41) is 16.5. The molecule has 0 aliphatic rings. The van der Waals surface area contributed by atoms with Gasteiger partial charge in [-0.1, -0.05) is 30.3 Å². The number of aliphatic hydroxyl groups is 1. The summed E-state index contributed by atoms with van der Waals surface area (Å²) < 4.78 is 0. The number of hydrogen-bond donors (Lipinski definition) is 2. The molecule has 3 rings (SSSR count). The normalized spacial score (nSPS) is 11.9. The van der Waals surface area contributed by atoms with Crippen molar-refractivity contribution < 1.29 is 9.90 Å². The maximum Gasteiger partial charge on any atom is 0.253 e. The van der Waals surface area contributed by atoms with Crippen LogP contribution in [0.4, 0.5) is 0 Å². The minimum atomic E-state index is -0.436. The Bertz CT molecular complexity index is 817. The summed E-state index contributed by atoms with van der Waals surface area (Å²) in [5.41, 5.74) is 3.96. The Morgan fingerprint density at radius 1 is 1.21 bits per heavy atom. The predicted molar refractivity (Wildman–Crippen MR) is 96.0 cm³/mol. The molecule has 2 heterocycles. The van der Waals surface area contributed by atoms with E-state index in [0.29, 0.717) is 11.3 Å². The van der Waals surface area contributed by atoms with E-state index in [4.69, 9.17) is 0 Å². The number of aryl methyl sites for hydroxylation is 1. The van der Waals surface area contributed by atoms with Gasteiger partial charge in [-0.2, -0.15) is 11.3 Å². The molecule has 0 saturated heterocycles. The van der Waals surface area contributed by atoms with Crippen molar-refractivity contribution in [2.24, 2.45) is 0 Å². The lowest BCUT2D eigenvalue weighted by atomic mass is 10.1. The lowest BCUT2D eigenvalue weighted by molar-refractivity contribution is 0.0915. The number of nitrogens with zero attached hydrogens (tertiary/aromatic N) is 1. The van der Waals surface area contributed by atoms with Gasteiger partial charge in [0.15, 0.2) is 0 Å². The summed E-state index contributed by atoms with van der Waals surface area (Å²) in [6.45, 7) is 1.66. The Hall–Kier alpha value is -2.50. The Kier molecular flexibility index (Phi) is 5.03. The Balaban J connectivity index is 1.80. The van der Waals surface area contributed by atoms with Gasteiger partial charge in [0.2, 0.25) is 0 Å². The van der Waals surface area contributed by atoms with Gasteiger partial charge in [-0.05, 0) is 36.1 Å². The fourth-order valence-electron chi connectivity index (χ4n) is 2.53. The number of nitrogens with one attached hydrogen (secondary N) is 1. The van der Waals surface area contributed by atoms with E-state index in [0.717, 1.165) is 16.8 Å². The number of thiophene rings is 1. The zero-order valence-corrected chi connectivity index (χ0v) is 14.1. The van der Waals surface area contributed by atoms with Crippen molar-refractivity contribution in [1.82, 2.24) is 10.3 Å². The molecular formula is C19H18N2O2S. The largest absolute Gasteiger partial charge is 0.394 e. The van der Waals surface area contributed by atoms with Crippen molar-refractivity contribution in [1.29, 1.82) is 0 Å². The first-order valence-corrected chi connectivity index (χ1v) is 8.60. The highest BCUT2D eigenvalue weighted by Gasteiger charge is 2.17. The third-order valence-corrected chi connectivity index (χ3v) is 4.52. The number of hydrogen-bond acceptors (Lipinski definition) is 4. The molecule has 2 aromatic heterocycles. The predicted octanol–water partition coefficient (Wildman–Crippen LogP) is 3.58. The molecule has 0 bridgehead atoms. The molecule has 122 valence electrons. The number of carbonyl (C=O) groups excluding carboxylic acids is 1. The molecule has 1 atom stereocenters. The molecule has 1 aromatic carbocycles. The van der Waals surface area contributed by atoms with E-state index < -0.39 is 6.04 Å². The number of amides is 1. The summed E-state index contributed by atoms with van der Waals surface area (Å²) in [7, 11) is 0. The van der Waals surface area contributed by atoms with Crippen molar-refractivity contribution >= 4 is 17.2 Å². The van der Waals surface area contributed by atoms with Crippen LogP contribution in [0.2, 0.25) is 0 Å². The molecule has 0 aliphatic heterocycles. The maximum absolute atomic E-state index is 12.5. The molecule has 0 radical (unpaired) electrons.